The predicted octanol–water partition coefficient (Wildman–Crippen LogP) is 7.44. The van der Waals surface area contributed by atoms with Crippen molar-refractivity contribution >= 4 is 53.1 Å². The quantitative estimate of drug-likeness (QED) is 0.0321. The van der Waals surface area contributed by atoms with Crippen LogP contribution in [0.5, 0.6) is 0 Å². The van der Waals surface area contributed by atoms with E-state index in [0.717, 1.165) is 38.5 Å². The minimum absolute atomic E-state index is 0. The topological polar surface area (TPSA) is 213 Å². The smallest absolute Gasteiger partial charge is 0.326 e. The second kappa shape index (κ2) is 42.0. The maximum absolute atomic E-state index is 13.0. The van der Waals surface area contributed by atoms with Crippen molar-refractivity contribution in [1.29, 1.82) is 0 Å². The predicted molar refractivity (Wildman–Crippen MR) is 256 cm³/mol. The lowest BCUT2D eigenvalue weighted by molar-refractivity contribution is -0.395. The molecule has 0 bridgehead atoms. The molecule has 0 aliphatic heterocycles. The van der Waals surface area contributed by atoms with E-state index in [1.165, 1.54) is 164 Å². The van der Waals surface area contributed by atoms with Gasteiger partial charge in [-0.05, 0) is 43.5 Å². The highest BCUT2D eigenvalue weighted by Gasteiger charge is 2.23. The minimum Gasteiger partial charge on any atom is -1.00 e. The Labute approximate surface area is 401 Å². The number of anilines is 1. The molecule has 0 aliphatic carbocycles. The van der Waals surface area contributed by atoms with Gasteiger partial charge in [0.1, 0.15) is 18.8 Å². The first kappa shape index (κ1) is 61.6. The molecule has 3 atom stereocenters. The van der Waals surface area contributed by atoms with Crippen molar-refractivity contribution in [1.82, 2.24) is 5.32 Å². The van der Waals surface area contributed by atoms with Gasteiger partial charge in [-0.3, -0.25) is 24.0 Å². The molecule has 65 heavy (non-hydrogen) atoms. The third kappa shape index (κ3) is 35.5. The number of aliphatic carboxylic acids is 2. The van der Waals surface area contributed by atoms with E-state index < -0.39 is 42.5 Å². The molecule has 1 aromatic carbocycles. The van der Waals surface area contributed by atoms with Crippen molar-refractivity contribution in [2.24, 2.45) is 0 Å². The van der Waals surface area contributed by atoms with Crippen LogP contribution in [0.2, 0.25) is 0 Å². The Bertz CT molecular complexity index is 1420. The molecule has 0 spiro atoms. The first-order valence-electron chi connectivity index (χ1n) is 24.9. The number of hydrogen-bond donors (Lipinski definition) is 5. The molecule has 0 radical (unpaired) electrons. The van der Waals surface area contributed by atoms with Crippen LogP contribution in [-0.2, 0) is 33.4 Å². The first-order valence-corrected chi connectivity index (χ1v) is 26.0. The molecule has 374 valence electrons. The van der Waals surface area contributed by atoms with Crippen molar-refractivity contribution in [2.45, 2.75) is 225 Å². The zero-order valence-electron chi connectivity index (χ0n) is 40.0. The van der Waals surface area contributed by atoms with Crippen LogP contribution in [0.4, 0.5) is 5.69 Å². The maximum Gasteiger partial charge on any atom is 0.326 e. The van der Waals surface area contributed by atoms with Gasteiger partial charge in [-0.2, -0.15) is 11.8 Å². The van der Waals surface area contributed by atoms with E-state index in [-0.39, 0.29) is 48.8 Å². The summed E-state index contributed by atoms with van der Waals surface area (Å²) in [5.74, 6) is -3.56. The van der Waals surface area contributed by atoms with Crippen LogP contribution in [0, 0.1) is 0 Å². The number of amides is 2. The summed E-state index contributed by atoms with van der Waals surface area (Å²) >= 11 is 1.38. The Morgan fingerprint density at radius 1 is 0.600 bits per heavy atom. The lowest BCUT2D eigenvalue weighted by atomic mass is 10.0. The van der Waals surface area contributed by atoms with E-state index in [2.05, 4.69) is 30.2 Å². The molecule has 7 N–H and O–H groups in total. The number of esters is 2. The number of carboxylic acids is 2. The second-order valence-electron chi connectivity index (χ2n) is 17.4. The van der Waals surface area contributed by atoms with Crippen molar-refractivity contribution < 1.29 is 66.6 Å². The monoisotopic (exact) mass is 956 g/mol. The minimum atomic E-state index is -1.36. The fourth-order valence-corrected chi connectivity index (χ4v) is 8.33. The Hall–Kier alpha value is -3.36. The van der Waals surface area contributed by atoms with E-state index in [1.54, 1.807) is 0 Å². The standard InChI is InChI=1S/C50H85N3O10S.ClH/c1-3-5-7-9-11-13-15-17-19-21-23-25-27-29-46(56)62-37-42(63-47(57)30-28-26-24-22-20-18-16-14-12-10-8-6-4-2)38-64-39-43(51)49(59)52-41-33-31-40(32-34-41)48(58)53-44(50(60)61)35-36-45(54)55;/h31-34,42-44H,3-30,35-39,51H2,1-2H3,(H,52,59)(H,53,58)(H,54,55)(H,60,61);1H/t42-,43+,44+;/m1./s1. The molecule has 0 fully saturated rings. The second-order valence-corrected chi connectivity index (χ2v) is 18.5. The normalized spacial score (nSPS) is 12.4. The third-order valence-corrected chi connectivity index (χ3v) is 12.6. The molecular weight excluding hydrogens is 870 g/mol. The molecule has 0 aromatic heterocycles. The summed E-state index contributed by atoms with van der Waals surface area (Å²) in [6.07, 6.45) is 31.0. The largest absolute Gasteiger partial charge is 1.00 e. The van der Waals surface area contributed by atoms with Crippen molar-refractivity contribution in [3.05, 3.63) is 29.8 Å². The number of thioether (sulfide) groups is 1. The van der Waals surface area contributed by atoms with E-state index in [9.17, 15) is 33.9 Å². The molecule has 0 saturated carbocycles. The van der Waals surface area contributed by atoms with Gasteiger partial charge in [0.25, 0.3) is 11.8 Å². The van der Waals surface area contributed by atoms with Crippen LogP contribution in [-0.4, -0.2) is 82.2 Å². The van der Waals surface area contributed by atoms with Gasteiger partial charge in [-0.25, -0.2) is 4.79 Å². The van der Waals surface area contributed by atoms with Gasteiger partial charge in [0, 0.05) is 36.3 Å². The molecule has 0 unspecified atom stereocenters. The summed E-state index contributed by atoms with van der Waals surface area (Å²) in [5, 5.41) is 23.3. The average molecular weight is 957 g/mol. The van der Waals surface area contributed by atoms with E-state index in [1.807, 2.05) is 0 Å². The van der Waals surface area contributed by atoms with Crippen molar-refractivity contribution in [3.63, 3.8) is 0 Å². The molecular formula is C50H86ClN3O10S. The number of hydrogen-bond acceptors (Lipinski definition) is 9. The fraction of sp³-hybridized carbons (Fsp3) is 0.760. The molecule has 0 saturated heterocycles. The number of carbonyl (C=O) groups is 6. The Morgan fingerprint density at radius 3 is 1.46 bits per heavy atom. The number of quaternary nitrogens is 1. The molecule has 1 rings (SSSR count). The van der Waals surface area contributed by atoms with Crippen LogP contribution in [0.25, 0.3) is 0 Å². The SMILES string of the molecule is CCCCCCCCCCCCCCCC(=O)OC[C@H](CSC[C@H]([NH3+])C(=O)Nc1ccc(C(=O)N[C@@H](CCC(=O)O)C(=O)O)cc1)OC(=O)CCCCCCCCCCCCCCC.[Cl-]. The van der Waals surface area contributed by atoms with Gasteiger partial charge >= 0.3 is 23.9 Å². The number of nitrogens with one attached hydrogen (secondary N) is 2. The van der Waals surface area contributed by atoms with Crippen LogP contribution in [0.3, 0.4) is 0 Å². The van der Waals surface area contributed by atoms with Crippen LogP contribution in [0.1, 0.15) is 217 Å². The lowest BCUT2D eigenvalue weighted by Gasteiger charge is -2.18. The number of unbranched alkanes of at least 4 members (excludes halogenated alkanes) is 24. The van der Waals surface area contributed by atoms with Gasteiger partial charge in [0.2, 0.25) is 0 Å². The Balaban J connectivity index is 0.0000410. The number of rotatable bonds is 43. The number of carboxylic acid groups (broad SMARTS) is 2. The van der Waals surface area contributed by atoms with Crippen LogP contribution < -0.4 is 28.8 Å². The van der Waals surface area contributed by atoms with Crippen molar-refractivity contribution in [3.8, 4) is 0 Å². The van der Waals surface area contributed by atoms with E-state index in [4.69, 9.17) is 14.6 Å². The van der Waals surface area contributed by atoms with E-state index in [0.29, 0.717) is 30.0 Å². The Morgan fingerprint density at radius 2 is 1.03 bits per heavy atom. The number of benzene rings is 1. The van der Waals surface area contributed by atoms with Crippen LogP contribution >= 0.6 is 11.8 Å². The molecule has 15 heteroatoms. The zero-order valence-corrected chi connectivity index (χ0v) is 41.6. The molecule has 2 amide bonds. The highest BCUT2D eigenvalue weighted by Crippen LogP contribution is 2.17. The fourth-order valence-electron chi connectivity index (χ4n) is 7.33. The zero-order chi connectivity index (χ0) is 47.0. The number of halogens is 1. The van der Waals surface area contributed by atoms with Gasteiger partial charge in [0.05, 0.1) is 5.75 Å². The Kier molecular flexibility index (Phi) is 39.9. The van der Waals surface area contributed by atoms with Gasteiger partial charge in [-0.1, -0.05) is 168 Å². The highest BCUT2D eigenvalue weighted by molar-refractivity contribution is 7.99. The third-order valence-electron chi connectivity index (χ3n) is 11.4. The molecule has 1 aromatic rings. The van der Waals surface area contributed by atoms with Gasteiger partial charge < -0.3 is 48.5 Å². The molecule has 13 nitrogen and oxygen atoms in total. The van der Waals surface area contributed by atoms with E-state index >= 15 is 0 Å². The average Bonchev–Trinajstić information content (AvgIpc) is 3.27. The summed E-state index contributed by atoms with van der Waals surface area (Å²) in [4.78, 5) is 73.4. The summed E-state index contributed by atoms with van der Waals surface area (Å²) in [6, 6.07) is 3.80. The maximum atomic E-state index is 13.0. The number of ether oxygens (including phenoxy) is 2. The van der Waals surface area contributed by atoms with Crippen molar-refractivity contribution in [2.75, 3.05) is 23.4 Å². The number of carbonyl (C=O) groups excluding carboxylic acids is 4. The first-order chi connectivity index (χ1) is 31.0. The molecule has 0 aliphatic rings. The molecule has 0 heterocycles. The highest BCUT2D eigenvalue weighted by atomic mass is 35.5. The summed E-state index contributed by atoms with van der Waals surface area (Å²) in [7, 11) is 0. The van der Waals surface area contributed by atoms with Gasteiger partial charge in [-0.15, -0.1) is 0 Å². The summed E-state index contributed by atoms with van der Waals surface area (Å²) in [6.45, 7) is 4.44. The summed E-state index contributed by atoms with van der Waals surface area (Å²) in [5.41, 5.74) is 4.53. The van der Waals surface area contributed by atoms with Crippen LogP contribution in [0.15, 0.2) is 24.3 Å². The lowest BCUT2D eigenvalue weighted by Crippen LogP contribution is -3.00. The summed E-state index contributed by atoms with van der Waals surface area (Å²) < 4.78 is 11.4. The van der Waals surface area contributed by atoms with Gasteiger partial charge in [0.15, 0.2) is 6.04 Å².